The van der Waals surface area contributed by atoms with Crippen molar-refractivity contribution in [2.75, 3.05) is 5.75 Å². The topological polar surface area (TPSA) is 41.6 Å². The van der Waals surface area contributed by atoms with Gasteiger partial charge in [-0.2, -0.15) is 0 Å². The smallest absolute Gasteiger partial charge is 0.208 e. The van der Waals surface area contributed by atoms with Crippen LogP contribution in [0.15, 0.2) is 29.4 Å². The van der Waals surface area contributed by atoms with Crippen LogP contribution < -0.4 is 0 Å². The van der Waals surface area contributed by atoms with Crippen molar-refractivity contribution in [3.05, 3.63) is 30.1 Å². The van der Waals surface area contributed by atoms with Crippen LogP contribution in [0.1, 0.15) is 6.92 Å². The molecule has 2 aromatic rings. The third kappa shape index (κ3) is 2.36. The first-order valence-electron chi connectivity index (χ1n) is 4.60. The molecule has 78 valence electrons. The van der Waals surface area contributed by atoms with Crippen LogP contribution in [0, 0.1) is 5.82 Å². The van der Waals surface area contributed by atoms with Crippen LogP contribution >= 0.6 is 11.8 Å². The summed E-state index contributed by atoms with van der Waals surface area (Å²) in [5.41, 5.74) is 0.840. The van der Waals surface area contributed by atoms with Gasteiger partial charge in [0.25, 0.3) is 0 Å². The van der Waals surface area contributed by atoms with E-state index in [4.69, 9.17) is 0 Å². The summed E-state index contributed by atoms with van der Waals surface area (Å²) in [6, 6.07) is 6.17. The van der Waals surface area contributed by atoms with E-state index in [0.717, 1.165) is 16.5 Å². The Balaban J connectivity index is 2.25. The highest BCUT2D eigenvalue weighted by atomic mass is 32.2. The Kier molecular flexibility index (Phi) is 3.01. The monoisotopic (exact) mass is 223 g/mol. The van der Waals surface area contributed by atoms with Crippen molar-refractivity contribution in [2.45, 2.75) is 12.1 Å². The van der Waals surface area contributed by atoms with Crippen LogP contribution in [0.25, 0.3) is 11.4 Å². The molecule has 0 saturated carbocycles. The molecule has 0 spiro atoms. The van der Waals surface area contributed by atoms with Crippen molar-refractivity contribution < 1.29 is 4.39 Å². The molecule has 1 heterocycles. The van der Waals surface area contributed by atoms with E-state index in [2.05, 4.69) is 15.2 Å². The van der Waals surface area contributed by atoms with E-state index < -0.39 is 0 Å². The van der Waals surface area contributed by atoms with Gasteiger partial charge in [0.1, 0.15) is 5.82 Å². The van der Waals surface area contributed by atoms with Crippen LogP contribution in [0.2, 0.25) is 0 Å². The second kappa shape index (κ2) is 4.44. The number of H-pyrrole nitrogens is 1. The van der Waals surface area contributed by atoms with Crippen molar-refractivity contribution in [3.63, 3.8) is 0 Å². The van der Waals surface area contributed by atoms with Gasteiger partial charge in [0, 0.05) is 5.56 Å². The molecule has 1 N–H and O–H groups in total. The van der Waals surface area contributed by atoms with Gasteiger partial charge in [-0.15, -0.1) is 5.10 Å². The summed E-state index contributed by atoms with van der Waals surface area (Å²) >= 11 is 1.57. The molecule has 0 aliphatic rings. The van der Waals surface area contributed by atoms with Crippen LogP contribution in [0.3, 0.4) is 0 Å². The molecule has 0 saturated heterocycles. The number of thioether (sulfide) groups is 1. The van der Waals surface area contributed by atoms with E-state index in [1.54, 1.807) is 23.9 Å². The maximum absolute atomic E-state index is 12.7. The first-order chi connectivity index (χ1) is 7.29. The standard InChI is InChI=1S/C10H10FN3S/c1-2-15-10-12-9(13-14-10)7-3-5-8(11)6-4-7/h3-6H,2H2,1H3,(H,12,13,14). The predicted octanol–water partition coefficient (Wildman–Crippen LogP) is 2.72. The molecule has 1 aromatic heterocycles. The molecule has 15 heavy (non-hydrogen) atoms. The van der Waals surface area contributed by atoms with E-state index in [1.807, 2.05) is 6.92 Å². The zero-order valence-corrected chi connectivity index (χ0v) is 9.01. The fraction of sp³-hybridized carbons (Fsp3) is 0.200. The van der Waals surface area contributed by atoms with E-state index in [9.17, 15) is 4.39 Å². The highest BCUT2D eigenvalue weighted by Crippen LogP contribution is 2.18. The largest absolute Gasteiger partial charge is 0.258 e. The number of aromatic nitrogens is 3. The average Bonchev–Trinajstić information content (AvgIpc) is 2.68. The zero-order chi connectivity index (χ0) is 10.7. The highest BCUT2D eigenvalue weighted by molar-refractivity contribution is 7.99. The van der Waals surface area contributed by atoms with Crippen LogP contribution in [-0.4, -0.2) is 20.9 Å². The summed E-state index contributed by atoms with van der Waals surface area (Å²) < 4.78 is 12.7. The number of nitrogens with one attached hydrogen (secondary N) is 1. The SMILES string of the molecule is CCSc1n[nH]c(-c2ccc(F)cc2)n1. The molecule has 5 heteroatoms. The van der Waals surface area contributed by atoms with Crippen LogP contribution in [0.4, 0.5) is 4.39 Å². The first kappa shape index (κ1) is 10.2. The van der Waals surface area contributed by atoms with Gasteiger partial charge in [-0.1, -0.05) is 18.7 Å². The molecular weight excluding hydrogens is 213 g/mol. The molecule has 0 bridgehead atoms. The second-order valence-electron chi connectivity index (χ2n) is 2.91. The van der Waals surface area contributed by atoms with E-state index >= 15 is 0 Å². The highest BCUT2D eigenvalue weighted by Gasteiger charge is 2.04. The molecular formula is C10H10FN3S. The van der Waals surface area contributed by atoms with Crippen LogP contribution in [0.5, 0.6) is 0 Å². The summed E-state index contributed by atoms with van der Waals surface area (Å²) in [5, 5.41) is 7.58. The van der Waals surface area contributed by atoms with E-state index in [0.29, 0.717) is 5.82 Å². The number of benzene rings is 1. The molecule has 0 aliphatic heterocycles. The fourth-order valence-electron chi connectivity index (χ4n) is 1.18. The maximum Gasteiger partial charge on any atom is 0.208 e. The molecule has 2 rings (SSSR count). The minimum atomic E-state index is -0.249. The fourth-order valence-corrected chi connectivity index (χ4v) is 1.70. The molecule has 0 amide bonds. The van der Waals surface area contributed by atoms with Gasteiger partial charge in [-0.05, 0) is 30.0 Å². The molecule has 0 radical (unpaired) electrons. The number of hydrogen-bond acceptors (Lipinski definition) is 3. The molecule has 0 aliphatic carbocycles. The molecule has 0 fully saturated rings. The molecule has 1 aromatic carbocycles. The van der Waals surface area contributed by atoms with E-state index in [-0.39, 0.29) is 5.82 Å². The zero-order valence-electron chi connectivity index (χ0n) is 8.20. The summed E-state index contributed by atoms with van der Waals surface area (Å²) in [7, 11) is 0. The Hall–Kier alpha value is -1.36. The maximum atomic E-state index is 12.7. The summed E-state index contributed by atoms with van der Waals surface area (Å²) in [6.07, 6.45) is 0. The number of nitrogens with zero attached hydrogens (tertiary/aromatic N) is 2. The van der Waals surface area contributed by atoms with Crippen molar-refractivity contribution in [3.8, 4) is 11.4 Å². The molecule has 0 atom stereocenters. The first-order valence-corrected chi connectivity index (χ1v) is 5.59. The third-order valence-corrected chi connectivity index (χ3v) is 2.59. The van der Waals surface area contributed by atoms with Gasteiger partial charge >= 0.3 is 0 Å². The lowest BCUT2D eigenvalue weighted by Crippen LogP contribution is -1.81. The minimum absolute atomic E-state index is 0.249. The van der Waals surface area contributed by atoms with Gasteiger partial charge in [-0.3, -0.25) is 5.10 Å². The van der Waals surface area contributed by atoms with Crippen molar-refractivity contribution in [1.29, 1.82) is 0 Å². The number of hydrogen-bond donors (Lipinski definition) is 1. The Morgan fingerprint density at radius 1 is 1.33 bits per heavy atom. The Morgan fingerprint density at radius 2 is 2.07 bits per heavy atom. The lowest BCUT2D eigenvalue weighted by molar-refractivity contribution is 0.628. The third-order valence-electron chi connectivity index (χ3n) is 1.86. The van der Waals surface area contributed by atoms with Crippen molar-refractivity contribution in [2.24, 2.45) is 0 Å². The lowest BCUT2D eigenvalue weighted by Gasteiger charge is -1.94. The van der Waals surface area contributed by atoms with Gasteiger partial charge in [0.05, 0.1) is 0 Å². The lowest BCUT2D eigenvalue weighted by atomic mass is 10.2. The van der Waals surface area contributed by atoms with E-state index in [1.165, 1.54) is 12.1 Å². The second-order valence-corrected chi connectivity index (χ2v) is 4.14. The van der Waals surface area contributed by atoms with Gasteiger partial charge in [0.15, 0.2) is 5.82 Å². The normalized spacial score (nSPS) is 10.5. The number of halogens is 1. The van der Waals surface area contributed by atoms with Gasteiger partial charge < -0.3 is 0 Å². The Labute approximate surface area is 91.1 Å². The van der Waals surface area contributed by atoms with Gasteiger partial charge in [0.2, 0.25) is 5.16 Å². The van der Waals surface area contributed by atoms with Crippen molar-refractivity contribution in [1.82, 2.24) is 15.2 Å². The summed E-state index contributed by atoms with van der Waals surface area (Å²) in [6.45, 7) is 2.04. The predicted molar refractivity (Wildman–Crippen MR) is 58.2 cm³/mol. The Bertz CT molecular complexity index is 438. The van der Waals surface area contributed by atoms with Crippen molar-refractivity contribution >= 4 is 11.8 Å². The quantitative estimate of drug-likeness (QED) is 0.813. The van der Waals surface area contributed by atoms with Gasteiger partial charge in [-0.25, -0.2) is 9.37 Å². The summed E-state index contributed by atoms with van der Waals surface area (Å²) in [5.74, 6) is 1.35. The minimum Gasteiger partial charge on any atom is -0.258 e. The molecule has 0 unspecified atom stereocenters. The Morgan fingerprint density at radius 3 is 2.73 bits per heavy atom. The molecule has 3 nitrogen and oxygen atoms in total. The average molecular weight is 223 g/mol. The number of aromatic amines is 1. The summed E-state index contributed by atoms with van der Waals surface area (Å²) in [4.78, 5) is 4.27. The number of rotatable bonds is 3. The van der Waals surface area contributed by atoms with Crippen LogP contribution in [-0.2, 0) is 0 Å².